The molecule has 0 saturated carbocycles. The zero-order valence-corrected chi connectivity index (χ0v) is 27.4. The van der Waals surface area contributed by atoms with E-state index in [1.165, 1.54) is 20.2 Å². The molecule has 6 heteroatoms. The Kier molecular flexibility index (Phi) is 6.60. The first-order valence-electron chi connectivity index (χ1n) is 16.5. The fourth-order valence-corrected chi connectivity index (χ4v) is 7.80. The molecule has 0 N–H and O–H groups in total. The molecule has 0 aliphatic rings. The smallest absolute Gasteiger partial charge is 0.227 e. The third-order valence-corrected chi connectivity index (χ3v) is 10.3. The van der Waals surface area contributed by atoms with Crippen molar-refractivity contribution in [2.75, 3.05) is 0 Å². The molecular formula is C44H26N4OS. The number of fused-ring (bicyclic) bond motifs is 7. The lowest BCUT2D eigenvalue weighted by atomic mass is 10.0. The van der Waals surface area contributed by atoms with Gasteiger partial charge in [0.2, 0.25) is 5.89 Å². The molecule has 10 rings (SSSR count). The van der Waals surface area contributed by atoms with Gasteiger partial charge in [0, 0.05) is 47.8 Å². The van der Waals surface area contributed by atoms with E-state index in [4.69, 9.17) is 24.4 Å². The van der Waals surface area contributed by atoms with Crippen molar-refractivity contribution in [1.82, 2.24) is 19.9 Å². The van der Waals surface area contributed by atoms with Crippen molar-refractivity contribution in [3.8, 4) is 56.7 Å². The molecule has 0 atom stereocenters. The molecule has 234 valence electrons. The van der Waals surface area contributed by atoms with Gasteiger partial charge in [0.1, 0.15) is 5.52 Å². The number of benzene rings is 7. The first kappa shape index (κ1) is 28.5. The quantitative estimate of drug-likeness (QED) is 0.184. The molecule has 50 heavy (non-hydrogen) atoms. The number of nitrogens with zero attached hydrogens (tertiary/aromatic N) is 4. The molecule has 3 heterocycles. The van der Waals surface area contributed by atoms with Crippen LogP contribution in [0.5, 0.6) is 0 Å². The molecule has 0 aliphatic heterocycles. The Balaban J connectivity index is 0.986. The van der Waals surface area contributed by atoms with Gasteiger partial charge in [0.15, 0.2) is 23.1 Å². The Morgan fingerprint density at radius 1 is 0.380 bits per heavy atom. The minimum absolute atomic E-state index is 0.615. The van der Waals surface area contributed by atoms with Crippen molar-refractivity contribution in [3.63, 3.8) is 0 Å². The molecule has 0 bridgehead atoms. The van der Waals surface area contributed by atoms with Crippen LogP contribution < -0.4 is 0 Å². The Labute approximate surface area is 291 Å². The van der Waals surface area contributed by atoms with Crippen LogP contribution in [0.15, 0.2) is 162 Å². The van der Waals surface area contributed by atoms with Crippen LogP contribution in [0.3, 0.4) is 0 Å². The van der Waals surface area contributed by atoms with E-state index < -0.39 is 0 Å². The highest BCUT2D eigenvalue weighted by molar-refractivity contribution is 7.26. The molecule has 0 amide bonds. The molecule has 0 spiro atoms. The highest BCUT2D eigenvalue weighted by Crippen LogP contribution is 2.42. The fourth-order valence-electron chi connectivity index (χ4n) is 6.69. The van der Waals surface area contributed by atoms with E-state index >= 15 is 0 Å². The molecule has 10 aromatic rings. The number of aromatic nitrogens is 4. The Morgan fingerprint density at radius 2 is 0.900 bits per heavy atom. The third kappa shape index (κ3) is 4.85. The van der Waals surface area contributed by atoms with E-state index in [9.17, 15) is 0 Å². The Morgan fingerprint density at radius 3 is 1.54 bits per heavy atom. The Bertz CT molecular complexity index is 2790. The number of oxazole rings is 1. The average molecular weight is 659 g/mol. The van der Waals surface area contributed by atoms with Gasteiger partial charge in [-0.2, -0.15) is 0 Å². The first-order chi connectivity index (χ1) is 24.7. The van der Waals surface area contributed by atoms with Gasteiger partial charge in [-0.3, -0.25) is 0 Å². The number of hydrogen-bond donors (Lipinski definition) is 0. The van der Waals surface area contributed by atoms with E-state index in [1.807, 2.05) is 72.0 Å². The maximum absolute atomic E-state index is 6.56. The van der Waals surface area contributed by atoms with Crippen molar-refractivity contribution in [1.29, 1.82) is 0 Å². The van der Waals surface area contributed by atoms with E-state index in [-0.39, 0.29) is 0 Å². The van der Waals surface area contributed by atoms with Gasteiger partial charge < -0.3 is 4.42 Å². The molecule has 0 unspecified atom stereocenters. The highest BCUT2D eigenvalue weighted by Gasteiger charge is 2.17. The predicted molar refractivity (Wildman–Crippen MR) is 205 cm³/mol. The zero-order chi connectivity index (χ0) is 33.0. The summed E-state index contributed by atoms with van der Waals surface area (Å²) < 4.78 is 9.09. The normalized spacial score (nSPS) is 11.6. The number of rotatable bonds is 5. The summed E-state index contributed by atoms with van der Waals surface area (Å²) in [6, 6.07) is 54.0. The summed E-state index contributed by atoms with van der Waals surface area (Å²) in [7, 11) is 0. The molecular weight excluding hydrogens is 633 g/mol. The highest BCUT2D eigenvalue weighted by atomic mass is 32.1. The molecule has 0 fully saturated rings. The first-order valence-corrected chi connectivity index (χ1v) is 17.3. The van der Waals surface area contributed by atoms with Gasteiger partial charge in [-0.1, -0.05) is 127 Å². The maximum atomic E-state index is 6.56. The van der Waals surface area contributed by atoms with E-state index in [0.29, 0.717) is 23.4 Å². The summed E-state index contributed by atoms with van der Waals surface area (Å²) in [4.78, 5) is 19.5. The zero-order valence-electron chi connectivity index (χ0n) is 26.6. The summed E-state index contributed by atoms with van der Waals surface area (Å²) in [6.07, 6.45) is 0. The van der Waals surface area contributed by atoms with E-state index in [0.717, 1.165) is 55.3 Å². The second-order valence-corrected chi connectivity index (χ2v) is 13.3. The van der Waals surface area contributed by atoms with Crippen LogP contribution in [-0.2, 0) is 0 Å². The Hall–Kier alpha value is -6.50. The summed E-state index contributed by atoms with van der Waals surface area (Å²) >= 11 is 1.81. The van der Waals surface area contributed by atoms with Crippen molar-refractivity contribution in [3.05, 3.63) is 158 Å². The standard InChI is InChI=1S/C44H26N4OS/c1-3-9-30(10-4-1)41-46-42(31-11-5-2-6-12-31)48-43(47-41)32-19-15-27(16-20-32)28-17-21-33(22-18-28)44-45-35-25-23-29-24-26-37-39(38(29)40(35)49-44)34-13-7-8-14-36(34)50-37/h1-26H. The molecule has 0 aliphatic carbocycles. The van der Waals surface area contributed by atoms with Crippen LogP contribution in [-0.4, -0.2) is 19.9 Å². The lowest BCUT2D eigenvalue weighted by molar-refractivity contribution is 0.623. The lowest BCUT2D eigenvalue weighted by Crippen LogP contribution is -2.00. The summed E-state index contributed by atoms with van der Waals surface area (Å²) in [5.41, 5.74) is 7.64. The van der Waals surface area contributed by atoms with Crippen LogP contribution in [0, 0.1) is 0 Å². The SMILES string of the molecule is c1ccc(-c2nc(-c3ccccc3)nc(-c3ccc(-c4ccc(-c5nc6ccc7ccc8sc9ccccc9c8c7c6o5)cc4)cc3)n2)cc1. The molecule has 0 radical (unpaired) electrons. The maximum Gasteiger partial charge on any atom is 0.227 e. The van der Waals surface area contributed by atoms with Crippen LogP contribution in [0.2, 0.25) is 0 Å². The lowest BCUT2D eigenvalue weighted by Gasteiger charge is -2.09. The van der Waals surface area contributed by atoms with Gasteiger partial charge in [0.05, 0.1) is 0 Å². The van der Waals surface area contributed by atoms with Crippen molar-refractivity contribution < 1.29 is 4.42 Å². The summed E-state index contributed by atoms with van der Waals surface area (Å²) in [6.45, 7) is 0. The summed E-state index contributed by atoms with van der Waals surface area (Å²) in [5, 5.41) is 4.76. The van der Waals surface area contributed by atoms with Crippen molar-refractivity contribution in [2.24, 2.45) is 0 Å². The van der Waals surface area contributed by atoms with Crippen LogP contribution in [0.1, 0.15) is 0 Å². The largest absolute Gasteiger partial charge is 0.435 e. The number of hydrogen-bond acceptors (Lipinski definition) is 6. The molecule has 7 aromatic carbocycles. The second-order valence-electron chi connectivity index (χ2n) is 12.3. The van der Waals surface area contributed by atoms with Crippen LogP contribution >= 0.6 is 11.3 Å². The van der Waals surface area contributed by atoms with Crippen molar-refractivity contribution >= 4 is 53.4 Å². The van der Waals surface area contributed by atoms with Crippen LogP contribution in [0.4, 0.5) is 0 Å². The monoisotopic (exact) mass is 658 g/mol. The fraction of sp³-hybridized carbons (Fsp3) is 0. The predicted octanol–water partition coefficient (Wildman–Crippen LogP) is 11.9. The topological polar surface area (TPSA) is 64.7 Å². The molecule has 3 aromatic heterocycles. The van der Waals surface area contributed by atoms with E-state index in [1.54, 1.807) is 0 Å². The van der Waals surface area contributed by atoms with E-state index in [2.05, 4.69) is 97.1 Å². The van der Waals surface area contributed by atoms with Gasteiger partial charge >= 0.3 is 0 Å². The third-order valence-electron chi connectivity index (χ3n) is 9.18. The summed E-state index contributed by atoms with van der Waals surface area (Å²) in [5.74, 6) is 2.55. The minimum atomic E-state index is 0.615. The average Bonchev–Trinajstić information content (AvgIpc) is 3.81. The second kappa shape index (κ2) is 11.6. The molecule has 0 saturated heterocycles. The molecule has 5 nitrogen and oxygen atoms in total. The van der Waals surface area contributed by atoms with Gasteiger partial charge in [-0.25, -0.2) is 19.9 Å². The van der Waals surface area contributed by atoms with Gasteiger partial charge in [-0.05, 0) is 46.8 Å². The number of thiophene rings is 1. The van der Waals surface area contributed by atoms with Gasteiger partial charge in [0.25, 0.3) is 0 Å². The minimum Gasteiger partial charge on any atom is -0.435 e. The van der Waals surface area contributed by atoms with Gasteiger partial charge in [-0.15, -0.1) is 11.3 Å². The van der Waals surface area contributed by atoms with Crippen LogP contribution in [0.25, 0.3) is 98.8 Å². The van der Waals surface area contributed by atoms with Crippen molar-refractivity contribution in [2.45, 2.75) is 0 Å².